The largest absolute Gasteiger partial charge is 0.394 e. The monoisotopic (exact) mass is 283 g/mol. The number of H-pyrrole nitrogens is 1. The van der Waals surface area contributed by atoms with Gasteiger partial charge < -0.3 is 25.8 Å². The molecule has 0 spiro atoms. The van der Waals surface area contributed by atoms with Gasteiger partial charge in [0.25, 0.3) is 0 Å². The number of aliphatic hydroxyl groups excluding tert-OH is 3. The van der Waals surface area contributed by atoms with Gasteiger partial charge in [-0.05, 0) is 0 Å². The molecule has 0 aliphatic carbocycles. The lowest BCUT2D eigenvalue weighted by atomic mass is 10.1. The number of hydrogen-bond donors (Lipinski definition) is 5. The van der Waals surface area contributed by atoms with Crippen LogP contribution in [-0.2, 0) is 4.74 Å². The smallest absolute Gasteiger partial charge is 0.348 e. The fourth-order valence-corrected chi connectivity index (χ4v) is 2.25. The molecular formula is C10H13N5O5. The van der Waals surface area contributed by atoms with E-state index in [1.54, 1.807) is 0 Å². The average molecular weight is 283 g/mol. The van der Waals surface area contributed by atoms with Crippen LogP contribution in [0.15, 0.2) is 11.1 Å². The van der Waals surface area contributed by atoms with Crippen LogP contribution in [-0.4, -0.2) is 59.8 Å². The summed E-state index contributed by atoms with van der Waals surface area (Å²) < 4.78 is 6.64. The number of aromatic nitrogens is 4. The number of nitrogens with two attached hydrogens (primary N) is 1. The van der Waals surface area contributed by atoms with Crippen molar-refractivity contribution in [3.05, 3.63) is 16.8 Å². The van der Waals surface area contributed by atoms with Crippen LogP contribution in [0, 0.1) is 0 Å². The number of aliphatic hydroxyl groups is 3. The minimum absolute atomic E-state index is 0.0468. The standard InChI is InChI=1S/C10H13N5O5/c11-7-4-8(14-10(19)13-7)15(2-12-4)9-6(18)5(17)3(1-16)20-9/h2-3,5-6,9,16-18H,1H2,(H3,11,13,14,19)/t3-,5-,6-,9+/m1/s1. The molecule has 6 N–H and O–H groups in total. The fourth-order valence-electron chi connectivity index (χ4n) is 2.25. The maximum absolute atomic E-state index is 11.4. The molecule has 0 bridgehead atoms. The van der Waals surface area contributed by atoms with Crippen LogP contribution < -0.4 is 11.4 Å². The zero-order valence-corrected chi connectivity index (χ0v) is 10.2. The molecule has 3 heterocycles. The number of nitrogens with one attached hydrogen (secondary N) is 1. The SMILES string of the molecule is Nc1[nH]c(=O)nc2c1ncn2[C@H]1O[C@H](CO)[C@@H](O)[C@H]1O. The second kappa shape index (κ2) is 4.52. The molecule has 0 aromatic carbocycles. The summed E-state index contributed by atoms with van der Waals surface area (Å²) in [6.45, 7) is -0.447. The average Bonchev–Trinajstić information content (AvgIpc) is 2.93. The summed E-state index contributed by atoms with van der Waals surface area (Å²) in [6.07, 6.45) is -3.18. The van der Waals surface area contributed by atoms with Gasteiger partial charge in [0.05, 0.1) is 12.9 Å². The first-order valence-corrected chi connectivity index (χ1v) is 5.87. The van der Waals surface area contributed by atoms with Crippen LogP contribution >= 0.6 is 0 Å². The molecule has 10 nitrogen and oxygen atoms in total. The van der Waals surface area contributed by atoms with Crippen molar-refractivity contribution in [2.45, 2.75) is 24.5 Å². The first-order chi connectivity index (χ1) is 9.52. The van der Waals surface area contributed by atoms with Crippen molar-refractivity contribution in [1.82, 2.24) is 19.5 Å². The maximum atomic E-state index is 11.4. The molecule has 3 rings (SSSR count). The molecule has 1 aliphatic heterocycles. The van der Waals surface area contributed by atoms with Crippen molar-refractivity contribution in [2.24, 2.45) is 0 Å². The van der Waals surface area contributed by atoms with Crippen LogP contribution in [0.25, 0.3) is 11.2 Å². The Labute approximate surface area is 111 Å². The molecule has 108 valence electrons. The number of anilines is 1. The van der Waals surface area contributed by atoms with Crippen molar-refractivity contribution in [2.75, 3.05) is 12.3 Å². The van der Waals surface area contributed by atoms with E-state index in [2.05, 4.69) is 15.0 Å². The van der Waals surface area contributed by atoms with Crippen molar-refractivity contribution >= 4 is 17.0 Å². The molecule has 10 heteroatoms. The Bertz CT molecular complexity index is 697. The third-order valence-electron chi connectivity index (χ3n) is 3.26. The molecule has 1 fully saturated rings. The van der Waals surface area contributed by atoms with Gasteiger partial charge in [0.15, 0.2) is 11.9 Å². The Balaban J connectivity index is 2.09. The van der Waals surface area contributed by atoms with Gasteiger partial charge in [-0.1, -0.05) is 0 Å². The molecule has 1 aliphatic rings. The normalized spacial score (nSPS) is 30.1. The van der Waals surface area contributed by atoms with Gasteiger partial charge in [0, 0.05) is 0 Å². The second-order valence-corrected chi connectivity index (χ2v) is 4.51. The van der Waals surface area contributed by atoms with E-state index >= 15 is 0 Å². The quantitative estimate of drug-likeness (QED) is 0.398. The Morgan fingerprint density at radius 3 is 2.85 bits per heavy atom. The highest BCUT2D eigenvalue weighted by atomic mass is 16.6. The Morgan fingerprint density at radius 2 is 2.20 bits per heavy atom. The molecule has 2 aromatic rings. The predicted octanol–water partition coefficient (Wildman–Crippen LogP) is -2.69. The molecule has 4 atom stereocenters. The number of nitrogens with zero attached hydrogens (tertiary/aromatic N) is 3. The van der Waals surface area contributed by atoms with E-state index in [9.17, 15) is 15.0 Å². The number of nitrogen functional groups attached to an aromatic ring is 1. The van der Waals surface area contributed by atoms with Crippen LogP contribution in [0.4, 0.5) is 5.82 Å². The first kappa shape index (κ1) is 13.0. The highest BCUT2D eigenvalue weighted by molar-refractivity contribution is 5.81. The van der Waals surface area contributed by atoms with E-state index in [0.717, 1.165) is 0 Å². The van der Waals surface area contributed by atoms with E-state index in [-0.39, 0.29) is 17.0 Å². The summed E-state index contributed by atoms with van der Waals surface area (Å²) in [5.74, 6) is 0.0468. The summed E-state index contributed by atoms with van der Waals surface area (Å²) in [7, 11) is 0. The van der Waals surface area contributed by atoms with Crippen molar-refractivity contribution < 1.29 is 20.1 Å². The molecule has 2 aromatic heterocycles. The summed E-state index contributed by atoms with van der Waals surface area (Å²) in [4.78, 5) is 21.4. The van der Waals surface area contributed by atoms with Crippen LogP contribution in [0.1, 0.15) is 6.23 Å². The molecule has 1 saturated heterocycles. The van der Waals surface area contributed by atoms with Gasteiger partial charge in [0.1, 0.15) is 29.6 Å². The van der Waals surface area contributed by atoms with Crippen LogP contribution in [0.2, 0.25) is 0 Å². The minimum atomic E-state index is -1.29. The summed E-state index contributed by atoms with van der Waals surface area (Å²) in [5.41, 5.74) is 5.34. The second-order valence-electron chi connectivity index (χ2n) is 4.51. The Kier molecular flexibility index (Phi) is 2.94. The molecule has 0 radical (unpaired) electrons. The third kappa shape index (κ3) is 1.78. The molecular weight excluding hydrogens is 270 g/mol. The zero-order valence-electron chi connectivity index (χ0n) is 10.2. The van der Waals surface area contributed by atoms with E-state index in [1.807, 2.05) is 0 Å². The van der Waals surface area contributed by atoms with E-state index in [1.165, 1.54) is 10.9 Å². The van der Waals surface area contributed by atoms with Crippen molar-refractivity contribution in [3.8, 4) is 0 Å². The lowest BCUT2D eigenvalue weighted by Crippen LogP contribution is -2.33. The predicted molar refractivity (Wildman–Crippen MR) is 65.6 cm³/mol. The van der Waals surface area contributed by atoms with Crippen LogP contribution in [0.5, 0.6) is 0 Å². The third-order valence-corrected chi connectivity index (χ3v) is 3.26. The lowest BCUT2D eigenvalue weighted by molar-refractivity contribution is -0.0511. The van der Waals surface area contributed by atoms with E-state index in [0.29, 0.717) is 0 Å². The summed E-state index contributed by atoms with van der Waals surface area (Å²) >= 11 is 0. The lowest BCUT2D eigenvalue weighted by Gasteiger charge is -2.16. The first-order valence-electron chi connectivity index (χ1n) is 5.87. The Hall–Kier alpha value is -2.01. The number of aromatic amines is 1. The zero-order chi connectivity index (χ0) is 14.4. The number of fused-ring (bicyclic) bond motifs is 1. The number of hydrogen-bond acceptors (Lipinski definition) is 8. The van der Waals surface area contributed by atoms with E-state index < -0.39 is 36.8 Å². The molecule has 0 unspecified atom stereocenters. The van der Waals surface area contributed by atoms with Gasteiger partial charge in [-0.3, -0.25) is 9.55 Å². The van der Waals surface area contributed by atoms with Gasteiger partial charge in [-0.15, -0.1) is 0 Å². The minimum Gasteiger partial charge on any atom is -0.394 e. The Morgan fingerprint density at radius 1 is 1.45 bits per heavy atom. The van der Waals surface area contributed by atoms with Crippen molar-refractivity contribution in [1.29, 1.82) is 0 Å². The highest BCUT2D eigenvalue weighted by Crippen LogP contribution is 2.31. The van der Waals surface area contributed by atoms with Gasteiger partial charge in [0.2, 0.25) is 0 Å². The summed E-state index contributed by atoms with van der Waals surface area (Å²) in [6, 6.07) is 0. The van der Waals surface area contributed by atoms with Crippen LogP contribution in [0.3, 0.4) is 0 Å². The molecule has 0 amide bonds. The number of imidazole rings is 1. The van der Waals surface area contributed by atoms with Gasteiger partial charge in [-0.2, -0.15) is 4.98 Å². The molecule has 0 saturated carbocycles. The maximum Gasteiger partial charge on any atom is 0.348 e. The molecule has 20 heavy (non-hydrogen) atoms. The van der Waals surface area contributed by atoms with Gasteiger partial charge in [-0.25, -0.2) is 9.78 Å². The highest BCUT2D eigenvalue weighted by Gasteiger charge is 2.44. The van der Waals surface area contributed by atoms with Gasteiger partial charge >= 0.3 is 5.69 Å². The van der Waals surface area contributed by atoms with E-state index in [4.69, 9.17) is 15.6 Å². The van der Waals surface area contributed by atoms with Crippen molar-refractivity contribution in [3.63, 3.8) is 0 Å². The summed E-state index contributed by atoms with van der Waals surface area (Å²) in [5, 5.41) is 28.7. The number of rotatable bonds is 2. The fraction of sp³-hybridized carbons (Fsp3) is 0.500. The topological polar surface area (TPSA) is 160 Å². The number of ether oxygens (including phenoxy) is 1.